The van der Waals surface area contributed by atoms with E-state index in [0.29, 0.717) is 11.1 Å². The van der Waals surface area contributed by atoms with Crippen molar-refractivity contribution in [2.75, 3.05) is 19.7 Å². The van der Waals surface area contributed by atoms with Crippen LogP contribution in [0.1, 0.15) is 12.5 Å². The number of amides is 1. The molecule has 0 radical (unpaired) electrons. The highest BCUT2D eigenvalue weighted by Crippen LogP contribution is 2.34. The second-order valence-corrected chi connectivity index (χ2v) is 4.64. The zero-order chi connectivity index (χ0) is 16.0. The van der Waals surface area contributed by atoms with Crippen molar-refractivity contribution in [1.82, 2.24) is 4.90 Å². The fourth-order valence-electron chi connectivity index (χ4n) is 1.72. The number of aliphatic hydroxyl groups is 1. The quantitative estimate of drug-likeness (QED) is 0.846. The lowest BCUT2D eigenvalue weighted by molar-refractivity contribution is -0.126. The Bertz CT molecular complexity index is 512. The van der Waals surface area contributed by atoms with Crippen LogP contribution in [0.3, 0.4) is 0 Å². The highest BCUT2D eigenvalue weighted by Gasteiger charge is 2.35. The van der Waals surface area contributed by atoms with E-state index in [1.54, 1.807) is 6.92 Å². The molecule has 0 aliphatic carbocycles. The van der Waals surface area contributed by atoms with Gasteiger partial charge in [-0.25, -0.2) is 0 Å². The zero-order valence-electron chi connectivity index (χ0n) is 11.3. The largest absolute Gasteiger partial charge is 0.417 e. The number of rotatable bonds is 5. The summed E-state index contributed by atoms with van der Waals surface area (Å²) in [6.45, 7) is 1.51. The number of alkyl halides is 3. The summed E-state index contributed by atoms with van der Waals surface area (Å²) in [5.41, 5.74) is -1.18. The van der Waals surface area contributed by atoms with Crippen molar-refractivity contribution in [3.63, 3.8) is 0 Å². The first kappa shape index (κ1) is 17.5. The van der Waals surface area contributed by atoms with Crippen molar-refractivity contribution < 1.29 is 23.1 Å². The lowest BCUT2D eigenvalue weighted by Gasteiger charge is -2.19. The molecule has 0 fully saturated rings. The molecule has 0 aliphatic heterocycles. The van der Waals surface area contributed by atoms with Crippen molar-refractivity contribution in [2.45, 2.75) is 13.1 Å². The third-order valence-corrected chi connectivity index (χ3v) is 3.04. The predicted octanol–water partition coefficient (Wildman–Crippen LogP) is 3.13. The van der Waals surface area contributed by atoms with Gasteiger partial charge in [-0.15, -0.1) is 0 Å². The van der Waals surface area contributed by atoms with Crippen LogP contribution in [0.4, 0.5) is 13.2 Å². The molecule has 0 bridgehead atoms. The third kappa shape index (κ3) is 5.06. The molecule has 7 heteroatoms. The van der Waals surface area contributed by atoms with Crippen molar-refractivity contribution >= 4 is 23.1 Å². The van der Waals surface area contributed by atoms with Gasteiger partial charge in [-0.3, -0.25) is 4.79 Å². The second kappa shape index (κ2) is 7.47. The number of carbonyl (C=O) groups excluding carboxylic acids is 1. The van der Waals surface area contributed by atoms with Gasteiger partial charge in [0.15, 0.2) is 0 Å². The van der Waals surface area contributed by atoms with Gasteiger partial charge in [-0.1, -0.05) is 23.7 Å². The Morgan fingerprint density at radius 3 is 2.33 bits per heavy atom. The van der Waals surface area contributed by atoms with E-state index >= 15 is 0 Å². The molecule has 0 spiro atoms. The van der Waals surface area contributed by atoms with Crippen LogP contribution in [-0.4, -0.2) is 41.8 Å². The Hall–Kier alpha value is -1.53. The highest BCUT2D eigenvalue weighted by atomic mass is 35.5. The van der Waals surface area contributed by atoms with Gasteiger partial charge < -0.3 is 10.0 Å². The predicted molar refractivity (Wildman–Crippen MR) is 74.8 cm³/mol. The van der Waals surface area contributed by atoms with Gasteiger partial charge in [-0.05, 0) is 24.6 Å². The first-order valence-corrected chi connectivity index (χ1v) is 6.62. The number of carbonyl (C=O) groups is 1. The van der Waals surface area contributed by atoms with Crippen molar-refractivity contribution in [3.05, 3.63) is 40.9 Å². The standard InChI is InChI=1S/C14H15ClF3NO2/c1-2-19(7-8-20)13(21)9-12(14(16,17)18)10-3-5-11(15)6-4-10/h3-6,9,20H,2,7-8H2,1H3/b12-9-. The monoisotopic (exact) mass is 321 g/mol. The molecular formula is C14H15ClF3NO2. The van der Waals surface area contributed by atoms with E-state index in [1.165, 1.54) is 24.3 Å². The molecule has 0 unspecified atom stereocenters. The van der Waals surface area contributed by atoms with Gasteiger partial charge in [0.2, 0.25) is 5.91 Å². The van der Waals surface area contributed by atoms with Crippen molar-refractivity contribution in [2.24, 2.45) is 0 Å². The summed E-state index contributed by atoms with van der Waals surface area (Å²) >= 11 is 5.65. The lowest BCUT2D eigenvalue weighted by Crippen LogP contribution is -2.32. The molecule has 1 N–H and O–H groups in total. The maximum atomic E-state index is 13.1. The van der Waals surface area contributed by atoms with Crippen LogP contribution in [0.25, 0.3) is 5.57 Å². The summed E-state index contributed by atoms with van der Waals surface area (Å²) in [6.07, 6.45) is -4.12. The molecule has 1 aromatic rings. The Labute approximate surface area is 125 Å². The van der Waals surface area contributed by atoms with E-state index in [9.17, 15) is 18.0 Å². The molecule has 1 aromatic carbocycles. The minimum absolute atomic E-state index is 0.0163. The van der Waals surface area contributed by atoms with Gasteiger partial charge >= 0.3 is 6.18 Å². The fraction of sp³-hybridized carbons (Fsp3) is 0.357. The van der Waals surface area contributed by atoms with Gasteiger partial charge in [0.25, 0.3) is 0 Å². The van der Waals surface area contributed by atoms with Gasteiger partial charge in [0, 0.05) is 24.2 Å². The normalized spacial score (nSPS) is 12.4. The number of halogens is 4. The molecule has 0 aromatic heterocycles. The molecule has 0 saturated heterocycles. The van der Waals surface area contributed by atoms with E-state index in [4.69, 9.17) is 16.7 Å². The molecule has 0 saturated carbocycles. The minimum atomic E-state index is -4.66. The van der Waals surface area contributed by atoms with Crippen LogP contribution in [0, 0.1) is 0 Å². The number of likely N-dealkylation sites (N-methyl/N-ethyl adjacent to an activating group) is 1. The van der Waals surface area contributed by atoms with E-state index in [1.807, 2.05) is 0 Å². The smallest absolute Gasteiger partial charge is 0.395 e. The number of benzene rings is 1. The maximum Gasteiger partial charge on any atom is 0.417 e. The van der Waals surface area contributed by atoms with Crippen LogP contribution in [0.2, 0.25) is 5.02 Å². The minimum Gasteiger partial charge on any atom is -0.395 e. The lowest BCUT2D eigenvalue weighted by atomic mass is 10.0. The summed E-state index contributed by atoms with van der Waals surface area (Å²) in [6, 6.07) is 5.06. The van der Waals surface area contributed by atoms with Gasteiger partial charge in [0.1, 0.15) is 0 Å². The van der Waals surface area contributed by atoms with Gasteiger partial charge in [0.05, 0.1) is 12.2 Å². The molecule has 0 aliphatic rings. The van der Waals surface area contributed by atoms with Crippen LogP contribution in [0.15, 0.2) is 30.3 Å². The number of hydrogen-bond donors (Lipinski definition) is 1. The molecule has 0 atom stereocenters. The fourth-order valence-corrected chi connectivity index (χ4v) is 1.84. The molecule has 0 heterocycles. The first-order chi connectivity index (χ1) is 9.79. The SMILES string of the molecule is CCN(CCO)C(=O)/C=C(/c1ccc(Cl)cc1)C(F)(F)F. The molecule has 116 valence electrons. The summed E-state index contributed by atoms with van der Waals surface area (Å²) in [5.74, 6) is -0.797. The second-order valence-electron chi connectivity index (χ2n) is 4.20. The third-order valence-electron chi connectivity index (χ3n) is 2.79. The summed E-state index contributed by atoms with van der Waals surface area (Å²) < 4.78 is 39.3. The summed E-state index contributed by atoms with van der Waals surface area (Å²) in [7, 11) is 0. The van der Waals surface area contributed by atoms with Crippen LogP contribution in [0.5, 0.6) is 0 Å². The topological polar surface area (TPSA) is 40.5 Å². The van der Waals surface area contributed by atoms with E-state index in [-0.39, 0.29) is 25.3 Å². The zero-order valence-corrected chi connectivity index (χ0v) is 12.1. The molecule has 3 nitrogen and oxygen atoms in total. The first-order valence-electron chi connectivity index (χ1n) is 6.24. The summed E-state index contributed by atoms with van der Waals surface area (Å²) in [5, 5.41) is 9.11. The number of hydrogen-bond acceptors (Lipinski definition) is 2. The number of nitrogens with zero attached hydrogens (tertiary/aromatic N) is 1. The average molecular weight is 322 g/mol. The molecule has 1 rings (SSSR count). The Morgan fingerprint density at radius 2 is 1.90 bits per heavy atom. The van der Waals surface area contributed by atoms with Gasteiger partial charge in [-0.2, -0.15) is 13.2 Å². The maximum absolute atomic E-state index is 13.1. The molecule has 1 amide bonds. The summed E-state index contributed by atoms with van der Waals surface area (Å²) in [4.78, 5) is 13.0. The van der Waals surface area contributed by atoms with Crippen LogP contribution < -0.4 is 0 Å². The van der Waals surface area contributed by atoms with Crippen molar-refractivity contribution in [1.29, 1.82) is 0 Å². The number of aliphatic hydroxyl groups excluding tert-OH is 1. The molecular weight excluding hydrogens is 307 g/mol. The Kier molecular flexibility index (Phi) is 6.23. The molecule has 21 heavy (non-hydrogen) atoms. The Morgan fingerprint density at radius 1 is 1.33 bits per heavy atom. The van der Waals surface area contributed by atoms with E-state index < -0.39 is 17.7 Å². The van der Waals surface area contributed by atoms with Crippen LogP contribution in [-0.2, 0) is 4.79 Å². The highest BCUT2D eigenvalue weighted by molar-refractivity contribution is 6.30. The van der Waals surface area contributed by atoms with E-state index in [0.717, 1.165) is 4.90 Å². The van der Waals surface area contributed by atoms with Crippen molar-refractivity contribution in [3.8, 4) is 0 Å². The number of allylic oxidation sites excluding steroid dienone is 1. The average Bonchev–Trinajstić information content (AvgIpc) is 2.42. The van der Waals surface area contributed by atoms with E-state index in [2.05, 4.69) is 0 Å². The Balaban J connectivity index is 3.16. The van der Waals surface area contributed by atoms with Crippen LogP contribution >= 0.6 is 11.6 Å².